The van der Waals surface area contributed by atoms with E-state index in [9.17, 15) is 4.39 Å². The van der Waals surface area contributed by atoms with Gasteiger partial charge in [0.1, 0.15) is 11.6 Å². The molecule has 0 saturated heterocycles. The molecule has 0 N–H and O–H groups in total. The van der Waals surface area contributed by atoms with Crippen molar-refractivity contribution in [3.63, 3.8) is 0 Å². The minimum atomic E-state index is -0.196. The third-order valence-electron chi connectivity index (χ3n) is 4.17. The summed E-state index contributed by atoms with van der Waals surface area (Å²) >= 11 is 7.95. The Balaban J connectivity index is 1.99. The van der Waals surface area contributed by atoms with Gasteiger partial charge in [-0.3, -0.25) is 0 Å². The Hall–Kier alpha value is -0.740. The molecule has 0 radical (unpaired) electrons. The van der Waals surface area contributed by atoms with Crippen LogP contribution < -0.4 is 0 Å². The minimum Gasteiger partial charge on any atom is -0.325 e. The smallest absolute Gasteiger partial charge is 0.125 e. The number of imidazole rings is 1. The molecular formula is C16H20ClFN2S. The second-order valence-corrected chi connectivity index (χ2v) is 7.47. The maximum atomic E-state index is 13.6. The molecule has 0 amide bonds. The van der Waals surface area contributed by atoms with Crippen molar-refractivity contribution < 1.29 is 4.39 Å². The second-order valence-electron chi connectivity index (χ2n) is 5.51. The zero-order valence-corrected chi connectivity index (χ0v) is 13.8. The summed E-state index contributed by atoms with van der Waals surface area (Å²) in [6, 6.07) is 5.29. The van der Waals surface area contributed by atoms with Gasteiger partial charge < -0.3 is 4.57 Å². The number of fused-ring (bicyclic) bond motifs is 1. The summed E-state index contributed by atoms with van der Waals surface area (Å²) in [4.78, 5) is 4.66. The van der Waals surface area contributed by atoms with Crippen molar-refractivity contribution in [2.75, 3.05) is 11.6 Å². The van der Waals surface area contributed by atoms with Crippen LogP contribution in [0.2, 0.25) is 0 Å². The zero-order valence-electron chi connectivity index (χ0n) is 12.2. The van der Waals surface area contributed by atoms with E-state index in [1.807, 2.05) is 11.8 Å². The number of hydrogen-bond donors (Lipinski definition) is 0. The summed E-state index contributed by atoms with van der Waals surface area (Å²) in [6.45, 7) is 2.21. The molecule has 2 unspecified atom stereocenters. The standard InChI is InChI=1S/C16H20ClFN2S/c1-2-21-13-5-4-12(10-13)20-15-9-11(18)3-6-14(15)19-16(20)7-8-17/h3,6,9,12-13H,2,4-5,7-8,10H2,1H3. The number of nitrogens with zero attached hydrogens (tertiary/aromatic N) is 2. The van der Waals surface area contributed by atoms with E-state index in [0.29, 0.717) is 11.9 Å². The molecule has 2 nitrogen and oxygen atoms in total. The van der Waals surface area contributed by atoms with Gasteiger partial charge in [0.2, 0.25) is 0 Å². The Morgan fingerprint density at radius 2 is 2.29 bits per heavy atom. The normalized spacial score (nSPS) is 22.2. The van der Waals surface area contributed by atoms with E-state index >= 15 is 0 Å². The van der Waals surface area contributed by atoms with Crippen LogP contribution in [0, 0.1) is 5.82 Å². The maximum Gasteiger partial charge on any atom is 0.125 e. The first-order chi connectivity index (χ1) is 10.2. The van der Waals surface area contributed by atoms with Crippen molar-refractivity contribution in [2.24, 2.45) is 0 Å². The molecule has 1 saturated carbocycles. The van der Waals surface area contributed by atoms with Crippen LogP contribution in [0.3, 0.4) is 0 Å². The van der Waals surface area contributed by atoms with Crippen LogP contribution >= 0.6 is 23.4 Å². The van der Waals surface area contributed by atoms with Crippen LogP contribution in [-0.4, -0.2) is 26.4 Å². The molecule has 1 aromatic carbocycles. The Kier molecular flexibility index (Phi) is 4.75. The van der Waals surface area contributed by atoms with Gasteiger partial charge in [-0.1, -0.05) is 6.92 Å². The molecule has 1 aromatic heterocycles. The molecule has 0 bridgehead atoms. The predicted molar refractivity (Wildman–Crippen MR) is 88.9 cm³/mol. The number of thioether (sulfide) groups is 1. The lowest BCUT2D eigenvalue weighted by molar-refractivity contribution is 0.513. The monoisotopic (exact) mass is 326 g/mol. The highest BCUT2D eigenvalue weighted by atomic mass is 35.5. The largest absolute Gasteiger partial charge is 0.325 e. The van der Waals surface area contributed by atoms with E-state index in [1.54, 1.807) is 12.1 Å². The fraction of sp³-hybridized carbons (Fsp3) is 0.562. The fourth-order valence-electron chi connectivity index (χ4n) is 3.32. The van der Waals surface area contributed by atoms with Gasteiger partial charge in [0, 0.05) is 23.6 Å². The van der Waals surface area contributed by atoms with Crippen molar-refractivity contribution in [2.45, 2.75) is 43.9 Å². The summed E-state index contributed by atoms with van der Waals surface area (Å²) in [5.74, 6) is 2.51. The highest BCUT2D eigenvalue weighted by molar-refractivity contribution is 7.99. The van der Waals surface area contributed by atoms with Crippen LogP contribution in [-0.2, 0) is 6.42 Å². The Morgan fingerprint density at radius 1 is 1.43 bits per heavy atom. The van der Waals surface area contributed by atoms with E-state index < -0.39 is 0 Å². The first kappa shape index (κ1) is 15.2. The van der Waals surface area contributed by atoms with Crippen molar-refractivity contribution in [3.05, 3.63) is 29.8 Å². The van der Waals surface area contributed by atoms with E-state index in [0.717, 1.165) is 47.1 Å². The highest BCUT2D eigenvalue weighted by Crippen LogP contribution is 2.39. The summed E-state index contributed by atoms with van der Waals surface area (Å²) < 4.78 is 15.9. The number of aryl methyl sites for hydroxylation is 1. The molecule has 21 heavy (non-hydrogen) atoms. The van der Waals surface area contributed by atoms with Gasteiger partial charge in [-0.2, -0.15) is 11.8 Å². The summed E-state index contributed by atoms with van der Waals surface area (Å²) in [5, 5.41) is 0.717. The van der Waals surface area contributed by atoms with Crippen LogP contribution in [0.5, 0.6) is 0 Å². The molecule has 1 fully saturated rings. The molecule has 1 aliphatic carbocycles. The van der Waals surface area contributed by atoms with E-state index in [4.69, 9.17) is 11.6 Å². The number of rotatable bonds is 5. The molecule has 5 heteroatoms. The molecule has 114 valence electrons. The van der Waals surface area contributed by atoms with Crippen molar-refractivity contribution in [1.82, 2.24) is 9.55 Å². The molecule has 0 aliphatic heterocycles. The van der Waals surface area contributed by atoms with Gasteiger partial charge in [-0.05, 0) is 43.2 Å². The maximum absolute atomic E-state index is 13.6. The summed E-state index contributed by atoms with van der Waals surface area (Å²) in [7, 11) is 0. The van der Waals surface area contributed by atoms with Crippen LogP contribution in [0.25, 0.3) is 11.0 Å². The van der Waals surface area contributed by atoms with Crippen LogP contribution in [0.15, 0.2) is 18.2 Å². The van der Waals surface area contributed by atoms with Gasteiger partial charge >= 0.3 is 0 Å². The quantitative estimate of drug-likeness (QED) is 0.734. The molecule has 0 spiro atoms. The number of alkyl halides is 1. The molecule has 2 aromatic rings. The third kappa shape index (κ3) is 3.07. The molecular weight excluding hydrogens is 307 g/mol. The fourth-order valence-corrected chi connectivity index (χ4v) is 4.62. The highest BCUT2D eigenvalue weighted by Gasteiger charge is 2.28. The van der Waals surface area contributed by atoms with Gasteiger partial charge in [0.25, 0.3) is 0 Å². The lowest BCUT2D eigenvalue weighted by Gasteiger charge is -2.17. The molecule has 3 rings (SSSR count). The average Bonchev–Trinajstić information content (AvgIpc) is 3.03. The van der Waals surface area contributed by atoms with Crippen LogP contribution in [0.4, 0.5) is 4.39 Å². The van der Waals surface area contributed by atoms with Gasteiger partial charge in [0.15, 0.2) is 0 Å². The summed E-state index contributed by atoms with van der Waals surface area (Å²) in [5.41, 5.74) is 1.80. The predicted octanol–water partition coefficient (Wildman–Crippen LogP) is 4.80. The lowest BCUT2D eigenvalue weighted by Crippen LogP contribution is -2.11. The first-order valence-corrected chi connectivity index (χ1v) is 9.15. The topological polar surface area (TPSA) is 17.8 Å². The van der Waals surface area contributed by atoms with E-state index in [1.165, 1.54) is 12.5 Å². The van der Waals surface area contributed by atoms with E-state index in [2.05, 4.69) is 16.5 Å². The van der Waals surface area contributed by atoms with Gasteiger partial charge in [-0.15, -0.1) is 11.6 Å². The van der Waals surface area contributed by atoms with Gasteiger partial charge in [0.05, 0.1) is 11.0 Å². The SMILES string of the molecule is CCSC1CCC(n2c(CCCl)nc3ccc(F)cc32)C1. The number of hydrogen-bond acceptors (Lipinski definition) is 2. The minimum absolute atomic E-state index is 0.196. The number of aromatic nitrogens is 2. The Labute approximate surface area is 134 Å². The van der Waals surface area contributed by atoms with Crippen molar-refractivity contribution >= 4 is 34.4 Å². The molecule has 2 atom stereocenters. The third-order valence-corrected chi connectivity index (χ3v) is 5.59. The average molecular weight is 327 g/mol. The van der Waals surface area contributed by atoms with Crippen molar-refractivity contribution in [1.29, 1.82) is 0 Å². The number of benzene rings is 1. The van der Waals surface area contributed by atoms with E-state index in [-0.39, 0.29) is 5.82 Å². The first-order valence-electron chi connectivity index (χ1n) is 7.56. The Bertz CT molecular complexity index is 628. The lowest BCUT2D eigenvalue weighted by atomic mass is 10.2. The van der Waals surface area contributed by atoms with Crippen molar-refractivity contribution in [3.8, 4) is 0 Å². The molecule has 1 aliphatic rings. The Morgan fingerprint density at radius 3 is 3.05 bits per heavy atom. The zero-order chi connectivity index (χ0) is 14.8. The number of halogens is 2. The summed E-state index contributed by atoms with van der Waals surface area (Å²) in [6.07, 6.45) is 4.27. The molecule has 1 heterocycles. The second kappa shape index (κ2) is 6.57. The van der Waals surface area contributed by atoms with Crippen LogP contribution in [0.1, 0.15) is 38.1 Å². The van der Waals surface area contributed by atoms with Gasteiger partial charge in [-0.25, -0.2) is 9.37 Å².